The summed E-state index contributed by atoms with van der Waals surface area (Å²) in [7, 11) is -2.97. The van der Waals surface area contributed by atoms with Gasteiger partial charge in [-0.25, -0.2) is 8.42 Å². The summed E-state index contributed by atoms with van der Waals surface area (Å²) in [6.45, 7) is 2.65. The molecule has 0 aromatic rings. The minimum absolute atomic E-state index is 0.0471. The maximum Gasteiger partial charge on any atom is 0.318 e. The Morgan fingerprint density at radius 3 is 2.12 bits per heavy atom. The van der Waals surface area contributed by atoms with Crippen LogP contribution >= 0.6 is 0 Å². The minimum atomic E-state index is -2.97. The molecule has 1 amide bonds. The fraction of sp³-hybridized carbons (Fsp3) is 0.800. The number of hydrogen-bond acceptors (Lipinski definition) is 4. The number of carboxylic acids is 1. The summed E-state index contributed by atoms with van der Waals surface area (Å²) < 4.78 is 22.4. The average Bonchev–Trinajstić information content (AvgIpc) is 2.20. The van der Waals surface area contributed by atoms with Crippen LogP contribution < -0.4 is 5.32 Å². The van der Waals surface area contributed by atoms with Crippen molar-refractivity contribution < 1.29 is 23.1 Å². The Balaban J connectivity index is 2.57. The van der Waals surface area contributed by atoms with Crippen LogP contribution in [0.15, 0.2) is 0 Å². The van der Waals surface area contributed by atoms with Crippen molar-refractivity contribution in [2.24, 2.45) is 5.41 Å². The van der Waals surface area contributed by atoms with Gasteiger partial charge >= 0.3 is 5.97 Å². The fourth-order valence-corrected chi connectivity index (χ4v) is 2.99. The zero-order valence-corrected chi connectivity index (χ0v) is 10.7. The third kappa shape index (κ3) is 3.42. The number of rotatable bonds is 3. The molecule has 7 heteroatoms. The van der Waals surface area contributed by atoms with E-state index in [9.17, 15) is 18.0 Å². The Kier molecular flexibility index (Phi) is 3.81. The van der Waals surface area contributed by atoms with E-state index in [0.717, 1.165) is 0 Å². The lowest BCUT2D eigenvalue weighted by Crippen LogP contribution is -2.48. The van der Waals surface area contributed by atoms with E-state index >= 15 is 0 Å². The van der Waals surface area contributed by atoms with Gasteiger partial charge in [-0.15, -0.1) is 0 Å². The van der Waals surface area contributed by atoms with E-state index < -0.39 is 27.1 Å². The van der Waals surface area contributed by atoms with Crippen LogP contribution in [-0.4, -0.2) is 42.9 Å². The second-order valence-corrected chi connectivity index (χ2v) is 7.13. The maximum absolute atomic E-state index is 11.7. The maximum atomic E-state index is 11.7. The minimum Gasteiger partial charge on any atom is -0.480 e. The zero-order valence-electron chi connectivity index (χ0n) is 9.89. The standard InChI is InChI=1S/C10H17NO5S/c1-10(2,9(13)14)8(12)11-7-3-5-17(15,16)6-4-7/h7H,3-6H2,1-2H3,(H,11,12)(H,13,14). The fourth-order valence-electron chi connectivity index (χ4n) is 1.50. The van der Waals surface area contributed by atoms with Crippen molar-refractivity contribution in [3.63, 3.8) is 0 Å². The molecule has 0 aliphatic carbocycles. The van der Waals surface area contributed by atoms with E-state index in [1.807, 2.05) is 0 Å². The van der Waals surface area contributed by atoms with E-state index in [2.05, 4.69) is 5.32 Å². The van der Waals surface area contributed by atoms with Crippen molar-refractivity contribution in [3.8, 4) is 0 Å². The molecular weight excluding hydrogens is 246 g/mol. The number of amides is 1. The first kappa shape index (κ1) is 14.0. The van der Waals surface area contributed by atoms with Crippen molar-refractivity contribution >= 4 is 21.7 Å². The third-order valence-corrected chi connectivity index (χ3v) is 4.71. The molecule has 1 saturated heterocycles. The molecule has 0 aromatic heterocycles. The Hall–Kier alpha value is -1.11. The first-order chi connectivity index (χ1) is 7.65. The lowest BCUT2D eigenvalue weighted by Gasteiger charge is -2.26. The number of carbonyl (C=O) groups excluding carboxylic acids is 1. The molecule has 1 heterocycles. The number of aliphatic carboxylic acids is 1. The molecule has 17 heavy (non-hydrogen) atoms. The molecule has 0 aromatic carbocycles. The highest BCUT2D eigenvalue weighted by molar-refractivity contribution is 7.91. The Morgan fingerprint density at radius 2 is 1.71 bits per heavy atom. The summed E-state index contributed by atoms with van der Waals surface area (Å²) in [5.74, 6) is -1.68. The van der Waals surface area contributed by atoms with E-state index in [1.165, 1.54) is 13.8 Å². The molecule has 0 radical (unpaired) electrons. The first-order valence-electron chi connectivity index (χ1n) is 5.40. The summed E-state index contributed by atoms with van der Waals surface area (Å²) in [6.07, 6.45) is 0.702. The van der Waals surface area contributed by atoms with Gasteiger partial charge in [0.05, 0.1) is 11.5 Å². The molecule has 0 spiro atoms. The molecule has 0 saturated carbocycles. The topological polar surface area (TPSA) is 101 Å². The van der Waals surface area contributed by atoms with E-state index in [1.54, 1.807) is 0 Å². The van der Waals surface area contributed by atoms with Crippen molar-refractivity contribution in [2.75, 3.05) is 11.5 Å². The van der Waals surface area contributed by atoms with Gasteiger partial charge in [0.25, 0.3) is 0 Å². The predicted molar refractivity (Wildman–Crippen MR) is 61.2 cm³/mol. The highest BCUT2D eigenvalue weighted by Gasteiger charge is 2.37. The smallest absolute Gasteiger partial charge is 0.318 e. The second-order valence-electron chi connectivity index (χ2n) is 4.83. The van der Waals surface area contributed by atoms with E-state index in [4.69, 9.17) is 5.11 Å². The number of carboxylic acid groups (broad SMARTS) is 1. The van der Waals surface area contributed by atoms with E-state index in [-0.39, 0.29) is 17.5 Å². The van der Waals surface area contributed by atoms with Crippen LogP contribution in [0.4, 0.5) is 0 Å². The zero-order chi connectivity index (χ0) is 13.3. The van der Waals surface area contributed by atoms with Gasteiger partial charge in [0, 0.05) is 6.04 Å². The molecule has 2 N–H and O–H groups in total. The average molecular weight is 263 g/mol. The Bertz CT molecular complexity index is 412. The summed E-state index contributed by atoms with van der Waals surface area (Å²) in [5, 5.41) is 11.5. The van der Waals surface area contributed by atoms with Gasteiger partial charge in [-0.05, 0) is 26.7 Å². The quantitative estimate of drug-likeness (QED) is 0.686. The molecule has 1 aliphatic rings. The third-order valence-electron chi connectivity index (χ3n) is 2.99. The Morgan fingerprint density at radius 1 is 1.24 bits per heavy atom. The molecule has 0 unspecified atom stereocenters. The largest absolute Gasteiger partial charge is 0.480 e. The SMILES string of the molecule is CC(C)(C(=O)O)C(=O)NC1CCS(=O)(=O)CC1. The van der Waals surface area contributed by atoms with Gasteiger partial charge in [0.15, 0.2) is 0 Å². The van der Waals surface area contributed by atoms with Gasteiger partial charge in [-0.2, -0.15) is 0 Å². The lowest BCUT2D eigenvalue weighted by molar-refractivity contribution is -0.153. The lowest BCUT2D eigenvalue weighted by atomic mass is 9.92. The van der Waals surface area contributed by atoms with E-state index in [0.29, 0.717) is 12.8 Å². The molecule has 6 nitrogen and oxygen atoms in total. The normalized spacial score (nSPS) is 20.8. The molecule has 0 bridgehead atoms. The first-order valence-corrected chi connectivity index (χ1v) is 7.22. The van der Waals surface area contributed by atoms with Crippen LogP contribution in [-0.2, 0) is 19.4 Å². The van der Waals surface area contributed by atoms with Crippen molar-refractivity contribution in [1.82, 2.24) is 5.32 Å². The monoisotopic (exact) mass is 263 g/mol. The number of carbonyl (C=O) groups is 2. The molecule has 1 aliphatic heterocycles. The molecule has 0 atom stereocenters. The second kappa shape index (κ2) is 4.64. The molecular formula is C10H17NO5S. The summed E-state index contributed by atoms with van der Waals surface area (Å²) in [4.78, 5) is 22.5. The summed E-state index contributed by atoms with van der Waals surface area (Å²) in [6, 6.07) is -0.246. The summed E-state index contributed by atoms with van der Waals surface area (Å²) >= 11 is 0. The van der Waals surface area contributed by atoms with Crippen molar-refractivity contribution in [2.45, 2.75) is 32.7 Å². The number of nitrogens with one attached hydrogen (secondary N) is 1. The predicted octanol–water partition coefficient (Wildman–Crippen LogP) is -0.209. The van der Waals surface area contributed by atoms with Crippen LogP contribution in [0.1, 0.15) is 26.7 Å². The molecule has 98 valence electrons. The van der Waals surface area contributed by atoms with Crippen LogP contribution in [0.3, 0.4) is 0 Å². The van der Waals surface area contributed by atoms with Gasteiger partial charge in [-0.1, -0.05) is 0 Å². The summed E-state index contributed by atoms with van der Waals surface area (Å²) in [5.41, 5.74) is -1.49. The molecule has 1 rings (SSSR count). The van der Waals surface area contributed by atoms with Gasteiger partial charge in [0.1, 0.15) is 15.3 Å². The van der Waals surface area contributed by atoms with Crippen molar-refractivity contribution in [3.05, 3.63) is 0 Å². The van der Waals surface area contributed by atoms with Gasteiger partial charge in [-0.3, -0.25) is 9.59 Å². The highest BCUT2D eigenvalue weighted by atomic mass is 32.2. The number of hydrogen-bond donors (Lipinski definition) is 2. The van der Waals surface area contributed by atoms with Crippen LogP contribution in [0.5, 0.6) is 0 Å². The molecule has 1 fully saturated rings. The van der Waals surface area contributed by atoms with Crippen LogP contribution in [0, 0.1) is 5.41 Å². The van der Waals surface area contributed by atoms with Crippen LogP contribution in [0.2, 0.25) is 0 Å². The van der Waals surface area contributed by atoms with Gasteiger partial charge in [0.2, 0.25) is 5.91 Å². The van der Waals surface area contributed by atoms with Gasteiger partial charge < -0.3 is 10.4 Å². The number of sulfone groups is 1. The van der Waals surface area contributed by atoms with Crippen LogP contribution in [0.25, 0.3) is 0 Å². The highest BCUT2D eigenvalue weighted by Crippen LogP contribution is 2.18. The van der Waals surface area contributed by atoms with Crippen molar-refractivity contribution in [1.29, 1.82) is 0 Å². The Labute approximate surface area is 100 Å².